The molecule has 110 valence electrons. The standard InChI is InChI=1S/C8H16O2.C8H12O/c1-2-3-4-5-6-7-8(9)10;9-5-8-4-6-1-2-7(8)3-6/h2-7H2,1H3,(H,9,10);1-2,6-9H,3-5H2. The van der Waals surface area contributed by atoms with Gasteiger partial charge in [0.25, 0.3) is 0 Å². The molecule has 3 unspecified atom stereocenters. The Bertz CT molecular complexity index is 286. The lowest BCUT2D eigenvalue weighted by Crippen LogP contribution is -2.10. The van der Waals surface area contributed by atoms with Gasteiger partial charge in [0.1, 0.15) is 0 Å². The fourth-order valence-electron chi connectivity index (χ4n) is 2.98. The van der Waals surface area contributed by atoms with Crippen LogP contribution in [0.15, 0.2) is 12.2 Å². The molecule has 2 N–H and O–H groups in total. The zero-order chi connectivity index (χ0) is 14.1. The van der Waals surface area contributed by atoms with Gasteiger partial charge in [-0.2, -0.15) is 0 Å². The summed E-state index contributed by atoms with van der Waals surface area (Å²) in [6, 6.07) is 0. The minimum Gasteiger partial charge on any atom is -0.481 e. The Balaban J connectivity index is 0.000000190. The highest BCUT2D eigenvalue weighted by molar-refractivity contribution is 5.66. The number of allylic oxidation sites excluding steroid dienone is 2. The van der Waals surface area contributed by atoms with Crippen LogP contribution in [0.1, 0.15) is 58.3 Å². The van der Waals surface area contributed by atoms with Gasteiger partial charge in [0, 0.05) is 13.0 Å². The van der Waals surface area contributed by atoms with Gasteiger partial charge in [0.05, 0.1) is 0 Å². The second-order valence-corrected chi connectivity index (χ2v) is 5.78. The summed E-state index contributed by atoms with van der Waals surface area (Å²) in [5.41, 5.74) is 0. The molecule has 3 atom stereocenters. The van der Waals surface area contributed by atoms with Gasteiger partial charge < -0.3 is 10.2 Å². The molecule has 0 heterocycles. The number of rotatable bonds is 7. The number of aliphatic carboxylic acids is 1. The molecular weight excluding hydrogens is 240 g/mol. The molecule has 1 saturated carbocycles. The van der Waals surface area contributed by atoms with Gasteiger partial charge in [-0.05, 0) is 37.0 Å². The maximum atomic E-state index is 10.0. The van der Waals surface area contributed by atoms with Crippen molar-refractivity contribution in [2.24, 2.45) is 17.8 Å². The molecule has 2 aliphatic rings. The predicted octanol–water partition coefficient (Wildman–Crippen LogP) is 3.62. The Morgan fingerprint density at radius 1 is 1.16 bits per heavy atom. The van der Waals surface area contributed by atoms with Crippen molar-refractivity contribution in [1.29, 1.82) is 0 Å². The van der Waals surface area contributed by atoms with E-state index in [4.69, 9.17) is 10.2 Å². The first kappa shape index (κ1) is 16.2. The van der Waals surface area contributed by atoms with Gasteiger partial charge >= 0.3 is 5.97 Å². The van der Waals surface area contributed by atoms with Crippen LogP contribution >= 0.6 is 0 Å². The number of hydrogen-bond donors (Lipinski definition) is 2. The van der Waals surface area contributed by atoms with Gasteiger partial charge in [-0.25, -0.2) is 0 Å². The molecule has 0 spiro atoms. The first-order valence-corrected chi connectivity index (χ1v) is 7.68. The summed E-state index contributed by atoms with van der Waals surface area (Å²) in [6.07, 6.45) is 13.0. The Labute approximate surface area is 116 Å². The van der Waals surface area contributed by atoms with Crippen molar-refractivity contribution in [2.75, 3.05) is 6.61 Å². The van der Waals surface area contributed by atoms with Crippen LogP contribution in [0.3, 0.4) is 0 Å². The Hall–Kier alpha value is -0.830. The van der Waals surface area contributed by atoms with Gasteiger partial charge in [-0.15, -0.1) is 0 Å². The molecule has 0 aliphatic heterocycles. The molecule has 2 aliphatic carbocycles. The maximum absolute atomic E-state index is 10.0. The molecule has 0 amide bonds. The van der Waals surface area contributed by atoms with Crippen molar-refractivity contribution in [3.05, 3.63) is 12.2 Å². The number of fused-ring (bicyclic) bond motifs is 2. The number of carbonyl (C=O) groups is 1. The van der Waals surface area contributed by atoms with Crippen LogP contribution in [0, 0.1) is 17.8 Å². The lowest BCUT2D eigenvalue weighted by atomic mass is 9.95. The van der Waals surface area contributed by atoms with Gasteiger partial charge in [0.2, 0.25) is 0 Å². The number of carboxylic acids is 1. The van der Waals surface area contributed by atoms with Crippen molar-refractivity contribution >= 4 is 5.97 Å². The van der Waals surface area contributed by atoms with E-state index in [0.717, 1.165) is 24.7 Å². The fourth-order valence-corrected chi connectivity index (χ4v) is 2.98. The topological polar surface area (TPSA) is 57.5 Å². The second-order valence-electron chi connectivity index (χ2n) is 5.78. The summed E-state index contributed by atoms with van der Waals surface area (Å²) in [6.45, 7) is 2.54. The number of unbranched alkanes of at least 4 members (excludes halogenated alkanes) is 4. The molecule has 2 rings (SSSR count). The smallest absolute Gasteiger partial charge is 0.303 e. The van der Waals surface area contributed by atoms with Crippen molar-refractivity contribution in [3.63, 3.8) is 0 Å². The van der Waals surface area contributed by atoms with E-state index in [-0.39, 0.29) is 0 Å². The molecule has 1 fully saturated rings. The average molecular weight is 268 g/mol. The van der Waals surface area contributed by atoms with Crippen molar-refractivity contribution in [2.45, 2.75) is 58.3 Å². The molecule has 0 radical (unpaired) electrons. The monoisotopic (exact) mass is 268 g/mol. The summed E-state index contributed by atoms with van der Waals surface area (Å²) in [5, 5.41) is 17.1. The molecular formula is C16H28O3. The highest BCUT2D eigenvalue weighted by Gasteiger charge is 2.34. The number of aliphatic hydroxyl groups excluding tert-OH is 1. The van der Waals surface area contributed by atoms with E-state index in [2.05, 4.69) is 19.1 Å². The minimum absolute atomic E-state index is 0.337. The van der Waals surface area contributed by atoms with Crippen LogP contribution in [-0.2, 0) is 4.79 Å². The van der Waals surface area contributed by atoms with E-state index in [9.17, 15) is 4.79 Å². The highest BCUT2D eigenvalue weighted by atomic mass is 16.4. The summed E-state index contributed by atoms with van der Waals surface area (Å²) in [4.78, 5) is 10.0. The summed E-state index contributed by atoms with van der Waals surface area (Å²) >= 11 is 0. The van der Waals surface area contributed by atoms with Gasteiger partial charge in [-0.1, -0.05) is 44.8 Å². The number of aliphatic hydroxyl groups is 1. The third kappa shape index (κ3) is 6.24. The fraction of sp³-hybridized carbons (Fsp3) is 0.812. The number of carboxylic acid groups (broad SMARTS) is 1. The summed E-state index contributed by atoms with van der Waals surface area (Å²) in [7, 11) is 0. The average Bonchev–Trinajstić information content (AvgIpc) is 3.01. The molecule has 0 saturated heterocycles. The highest BCUT2D eigenvalue weighted by Crippen LogP contribution is 2.42. The van der Waals surface area contributed by atoms with Crippen LogP contribution in [0.25, 0.3) is 0 Å². The molecule has 0 aromatic rings. The lowest BCUT2D eigenvalue weighted by molar-refractivity contribution is -0.137. The molecule has 3 nitrogen and oxygen atoms in total. The van der Waals surface area contributed by atoms with Crippen molar-refractivity contribution < 1.29 is 15.0 Å². The predicted molar refractivity (Wildman–Crippen MR) is 76.9 cm³/mol. The zero-order valence-corrected chi connectivity index (χ0v) is 12.1. The lowest BCUT2D eigenvalue weighted by Gasteiger charge is -2.13. The Kier molecular flexibility index (Phi) is 7.80. The van der Waals surface area contributed by atoms with Crippen molar-refractivity contribution in [1.82, 2.24) is 0 Å². The molecule has 0 aromatic heterocycles. The van der Waals surface area contributed by atoms with Crippen LogP contribution < -0.4 is 0 Å². The van der Waals surface area contributed by atoms with E-state index in [1.54, 1.807) is 0 Å². The first-order valence-electron chi connectivity index (χ1n) is 7.68. The van der Waals surface area contributed by atoms with Crippen LogP contribution in [0.4, 0.5) is 0 Å². The van der Waals surface area contributed by atoms with Gasteiger partial charge in [0.15, 0.2) is 0 Å². The van der Waals surface area contributed by atoms with Gasteiger partial charge in [-0.3, -0.25) is 4.79 Å². The number of hydrogen-bond acceptors (Lipinski definition) is 2. The van der Waals surface area contributed by atoms with Crippen molar-refractivity contribution in [3.8, 4) is 0 Å². The SMILES string of the molecule is CCCCCCCC(=O)O.OCC1CC2C=CC1C2. The normalized spacial score (nSPS) is 27.2. The summed E-state index contributed by atoms with van der Waals surface area (Å²) in [5.74, 6) is 1.46. The third-order valence-electron chi connectivity index (χ3n) is 4.15. The second kappa shape index (κ2) is 9.13. The minimum atomic E-state index is -0.670. The quantitative estimate of drug-likeness (QED) is 0.547. The van der Waals surface area contributed by atoms with E-state index in [1.807, 2.05) is 0 Å². The van der Waals surface area contributed by atoms with E-state index in [1.165, 1.54) is 32.1 Å². The van der Waals surface area contributed by atoms with E-state index < -0.39 is 5.97 Å². The first-order chi connectivity index (χ1) is 9.17. The maximum Gasteiger partial charge on any atom is 0.303 e. The third-order valence-corrected chi connectivity index (χ3v) is 4.15. The van der Waals surface area contributed by atoms with Crippen LogP contribution in [-0.4, -0.2) is 22.8 Å². The van der Waals surface area contributed by atoms with E-state index >= 15 is 0 Å². The largest absolute Gasteiger partial charge is 0.481 e. The van der Waals surface area contributed by atoms with E-state index in [0.29, 0.717) is 18.9 Å². The summed E-state index contributed by atoms with van der Waals surface area (Å²) < 4.78 is 0. The Morgan fingerprint density at radius 2 is 1.89 bits per heavy atom. The van der Waals surface area contributed by atoms with Crippen LogP contribution in [0.2, 0.25) is 0 Å². The molecule has 2 bridgehead atoms. The zero-order valence-electron chi connectivity index (χ0n) is 12.1. The van der Waals surface area contributed by atoms with Crippen LogP contribution in [0.5, 0.6) is 0 Å². The molecule has 3 heteroatoms. The molecule has 0 aromatic carbocycles. The molecule has 19 heavy (non-hydrogen) atoms. The Morgan fingerprint density at radius 3 is 2.32 bits per heavy atom.